The summed E-state index contributed by atoms with van der Waals surface area (Å²) in [5.74, 6) is 0. The fraction of sp³-hybridized carbons (Fsp3) is 0.273. The van der Waals surface area contributed by atoms with Gasteiger partial charge in [0.15, 0.2) is 0 Å². The molecule has 68 valence electrons. The number of aliphatic hydroxyl groups is 1. The highest BCUT2D eigenvalue weighted by molar-refractivity contribution is 9.10. The van der Waals surface area contributed by atoms with Crippen LogP contribution in [-0.4, -0.2) is 11.2 Å². The molecule has 1 nitrogen and oxygen atoms in total. The molecular weight excluding hydrogens is 228 g/mol. The molecule has 0 heterocycles. The van der Waals surface area contributed by atoms with Gasteiger partial charge in [0, 0.05) is 4.47 Å². The quantitative estimate of drug-likeness (QED) is 0.798. The van der Waals surface area contributed by atoms with Gasteiger partial charge in [0.25, 0.3) is 0 Å². The van der Waals surface area contributed by atoms with Gasteiger partial charge in [-0.1, -0.05) is 34.1 Å². The molecule has 1 fully saturated rings. The molecule has 2 rings (SSSR count). The molecule has 0 spiro atoms. The predicted molar refractivity (Wildman–Crippen MR) is 57.4 cm³/mol. The molecule has 2 heteroatoms. The van der Waals surface area contributed by atoms with Crippen LogP contribution in [0.3, 0.4) is 0 Å². The Kier molecular flexibility index (Phi) is 2.51. The highest BCUT2D eigenvalue weighted by Crippen LogP contribution is 2.28. The van der Waals surface area contributed by atoms with E-state index in [0.29, 0.717) is 0 Å². The minimum Gasteiger partial charge on any atom is -0.389 e. The predicted octanol–water partition coefficient (Wildman–Crippen LogP) is 2.99. The van der Waals surface area contributed by atoms with Crippen LogP contribution in [0, 0.1) is 0 Å². The molecule has 1 atom stereocenters. The van der Waals surface area contributed by atoms with Gasteiger partial charge >= 0.3 is 0 Å². The van der Waals surface area contributed by atoms with Crippen LogP contribution in [0.4, 0.5) is 0 Å². The smallest absolute Gasteiger partial charge is 0.0756 e. The minimum atomic E-state index is -0.195. The highest BCUT2D eigenvalue weighted by atomic mass is 79.9. The van der Waals surface area contributed by atoms with E-state index in [-0.39, 0.29) is 6.10 Å². The zero-order valence-corrected chi connectivity index (χ0v) is 8.79. The van der Waals surface area contributed by atoms with Crippen LogP contribution in [0.25, 0.3) is 6.08 Å². The third-order valence-corrected chi connectivity index (χ3v) is 2.83. The average Bonchev–Trinajstić information content (AvgIpc) is 2.12. The molecular formula is C11H11BrO. The number of rotatable bonds is 1. The van der Waals surface area contributed by atoms with E-state index in [4.69, 9.17) is 0 Å². The zero-order chi connectivity index (χ0) is 9.26. The van der Waals surface area contributed by atoms with Crippen LogP contribution >= 0.6 is 15.9 Å². The van der Waals surface area contributed by atoms with Crippen molar-refractivity contribution in [3.63, 3.8) is 0 Å². The van der Waals surface area contributed by atoms with E-state index in [0.717, 1.165) is 28.5 Å². The fourth-order valence-corrected chi connectivity index (χ4v) is 1.84. The van der Waals surface area contributed by atoms with E-state index < -0.39 is 0 Å². The molecule has 1 aliphatic carbocycles. The largest absolute Gasteiger partial charge is 0.389 e. The summed E-state index contributed by atoms with van der Waals surface area (Å²) < 4.78 is 1.08. The Labute approximate surface area is 86.2 Å². The molecule has 1 saturated carbocycles. The first kappa shape index (κ1) is 8.97. The molecule has 1 unspecified atom stereocenters. The van der Waals surface area contributed by atoms with Gasteiger partial charge in [0.05, 0.1) is 6.10 Å². The van der Waals surface area contributed by atoms with E-state index in [9.17, 15) is 5.11 Å². The van der Waals surface area contributed by atoms with Crippen molar-refractivity contribution in [3.8, 4) is 0 Å². The van der Waals surface area contributed by atoms with Crippen LogP contribution in [-0.2, 0) is 0 Å². The van der Waals surface area contributed by atoms with Gasteiger partial charge in [-0.3, -0.25) is 0 Å². The second kappa shape index (κ2) is 3.64. The van der Waals surface area contributed by atoms with Crippen LogP contribution in [0.15, 0.2) is 34.3 Å². The first-order valence-electron chi connectivity index (χ1n) is 4.40. The minimum absolute atomic E-state index is 0.195. The Morgan fingerprint density at radius 3 is 2.85 bits per heavy atom. The lowest BCUT2D eigenvalue weighted by Gasteiger charge is -2.24. The van der Waals surface area contributed by atoms with Crippen molar-refractivity contribution >= 4 is 22.0 Å². The Morgan fingerprint density at radius 2 is 2.31 bits per heavy atom. The van der Waals surface area contributed by atoms with Gasteiger partial charge < -0.3 is 5.11 Å². The molecule has 1 aromatic rings. The van der Waals surface area contributed by atoms with Gasteiger partial charge in [-0.05, 0) is 36.1 Å². The van der Waals surface area contributed by atoms with Crippen LogP contribution in [0.1, 0.15) is 18.4 Å². The first-order chi connectivity index (χ1) is 6.25. The Bertz CT molecular complexity index is 344. The van der Waals surface area contributed by atoms with Crippen LogP contribution < -0.4 is 0 Å². The Hall–Kier alpha value is -0.600. The van der Waals surface area contributed by atoms with Crippen molar-refractivity contribution in [2.45, 2.75) is 18.9 Å². The maximum atomic E-state index is 9.36. The number of hydrogen-bond donors (Lipinski definition) is 1. The molecule has 0 amide bonds. The van der Waals surface area contributed by atoms with Crippen molar-refractivity contribution in [3.05, 3.63) is 39.9 Å². The molecule has 0 radical (unpaired) electrons. The Balaban J connectivity index is 2.22. The summed E-state index contributed by atoms with van der Waals surface area (Å²) in [7, 11) is 0. The third-order valence-electron chi connectivity index (χ3n) is 2.34. The molecule has 0 saturated heterocycles. The maximum Gasteiger partial charge on any atom is 0.0756 e. The van der Waals surface area contributed by atoms with Crippen molar-refractivity contribution in [1.29, 1.82) is 0 Å². The monoisotopic (exact) mass is 238 g/mol. The second-order valence-corrected chi connectivity index (χ2v) is 4.24. The SMILES string of the molecule is OC1CC/C1=C\c1cccc(Br)c1. The van der Waals surface area contributed by atoms with Crippen LogP contribution in [0.2, 0.25) is 0 Å². The van der Waals surface area contributed by atoms with Crippen molar-refractivity contribution in [2.75, 3.05) is 0 Å². The van der Waals surface area contributed by atoms with E-state index in [2.05, 4.69) is 28.1 Å². The Morgan fingerprint density at radius 1 is 1.46 bits per heavy atom. The van der Waals surface area contributed by atoms with E-state index >= 15 is 0 Å². The van der Waals surface area contributed by atoms with Crippen molar-refractivity contribution in [1.82, 2.24) is 0 Å². The lowest BCUT2D eigenvalue weighted by molar-refractivity contribution is 0.158. The lowest BCUT2D eigenvalue weighted by Crippen LogP contribution is -2.20. The summed E-state index contributed by atoms with van der Waals surface area (Å²) in [5, 5.41) is 9.36. The summed E-state index contributed by atoms with van der Waals surface area (Å²) in [5.41, 5.74) is 2.31. The number of aliphatic hydroxyl groups excluding tert-OH is 1. The third kappa shape index (κ3) is 2.01. The van der Waals surface area contributed by atoms with Gasteiger partial charge in [-0.25, -0.2) is 0 Å². The summed E-state index contributed by atoms with van der Waals surface area (Å²) in [6.07, 6.45) is 3.82. The van der Waals surface area contributed by atoms with E-state index in [1.165, 1.54) is 0 Å². The van der Waals surface area contributed by atoms with E-state index in [1.807, 2.05) is 18.2 Å². The molecule has 1 N–H and O–H groups in total. The number of halogens is 1. The standard InChI is InChI=1S/C11H11BrO/c12-10-3-1-2-8(7-10)6-9-4-5-11(9)13/h1-3,6-7,11,13H,4-5H2/b9-6+. The first-order valence-corrected chi connectivity index (χ1v) is 5.19. The molecule has 1 aliphatic rings. The topological polar surface area (TPSA) is 20.2 Å². The number of hydrogen-bond acceptors (Lipinski definition) is 1. The molecule has 0 aromatic heterocycles. The lowest BCUT2D eigenvalue weighted by atomic mass is 9.87. The van der Waals surface area contributed by atoms with E-state index in [1.54, 1.807) is 0 Å². The number of benzene rings is 1. The van der Waals surface area contributed by atoms with Crippen molar-refractivity contribution < 1.29 is 5.11 Å². The summed E-state index contributed by atoms with van der Waals surface area (Å²) in [6, 6.07) is 8.10. The van der Waals surface area contributed by atoms with Gasteiger partial charge in [-0.2, -0.15) is 0 Å². The molecule has 1 aromatic carbocycles. The fourth-order valence-electron chi connectivity index (χ4n) is 1.42. The summed E-state index contributed by atoms with van der Waals surface area (Å²) >= 11 is 3.42. The maximum absolute atomic E-state index is 9.36. The summed E-state index contributed by atoms with van der Waals surface area (Å²) in [6.45, 7) is 0. The molecule has 0 bridgehead atoms. The zero-order valence-electron chi connectivity index (χ0n) is 7.20. The van der Waals surface area contributed by atoms with Gasteiger partial charge in [-0.15, -0.1) is 0 Å². The molecule has 13 heavy (non-hydrogen) atoms. The molecule has 0 aliphatic heterocycles. The summed E-state index contributed by atoms with van der Waals surface area (Å²) in [4.78, 5) is 0. The highest BCUT2D eigenvalue weighted by Gasteiger charge is 2.20. The van der Waals surface area contributed by atoms with Gasteiger partial charge in [0.1, 0.15) is 0 Å². The van der Waals surface area contributed by atoms with Gasteiger partial charge in [0.2, 0.25) is 0 Å². The van der Waals surface area contributed by atoms with Crippen LogP contribution in [0.5, 0.6) is 0 Å². The van der Waals surface area contributed by atoms with Crippen molar-refractivity contribution in [2.24, 2.45) is 0 Å². The normalized spacial score (nSPS) is 24.5. The average molecular weight is 239 g/mol. The second-order valence-electron chi connectivity index (χ2n) is 3.33.